The highest BCUT2D eigenvalue weighted by Crippen LogP contribution is 2.32. The zero-order chi connectivity index (χ0) is 11.5. The molecule has 78 valence electrons. The maximum atomic E-state index is 10.9. The number of hydrogen-bond donors (Lipinski definition) is 0. The van der Waals surface area contributed by atoms with Crippen LogP contribution in [0, 0.1) is 11.3 Å². The van der Waals surface area contributed by atoms with Gasteiger partial charge < -0.3 is 0 Å². The van der Waals surface area contributed by atoms with Crippen LogP contribution in [-0.4, -0.2) is 11.3 Å². The van der Waals surface area contributed by atoms with Crippen LogP contribution in [0.4, 0.5) is 0 Å². The largest absolute Gasteiger partial charge is 0.298 e. The highest BCUT2D eigenvalue weighted by molar-refractivity contribution is 7.13. The van der Waals surface area contributed by atoms with Crippen molar-refractivity contribution in [3.63, 3.8) is 0 Å². The van der Waals surface area contributed by atoms with Crippen LogP contribution in [0.25, 0.3) is 10.4 Å². The van der Waals surface area contributed by atoms with Crippen LogP contribution in [0.2, 0.25) is 5.15 Å². The van der Waals surface area contributed by atoms with Gasteiger partial charge in [-0.1, -0.05) is 17.7 Å². The van der Waals surface area contributed by atoms with E-state index in [1.165, 1.54) is 17.5 Å². The zero-order valence-electron chi connectivity index (χ0n) is 7.98. The molecule has 2 aromatic rings. The monoisotopic (exact) mass is 248 g/mol. The minimum absolute atomic E-state index is 0.122. The minimum Gasteiger partial charge on any atom is -0.298 e. The van der Waals surface area contributed by atoms with E-state index >= 15 is 0 Å². The van der Waals surface area contributed by atoms with Gasteiger partial charge in [0.15, 0.2) is 6.29 Å². The van der Waals surface area contributed by atoms with Crippen LogP contribution < -0.4 is 0 Å². The van der Waals surface area contributed by atoms with Gasteiger partial charge in [-0.15, -0.1) is 11.3 Å². The molecular weight excluding hydrogens is 244 g/mol. The van der Waals surface area contributed by atoms with Crippen LogP contribution >= 0.6 is 22.9 Å². The molecule has 0 amide bonds. The second-order valence-electron chi connectivity index (χ2n) is 2.96. The Bertz CT molecular complexity index is 572. The van der Waals surface area contributed by atoms with Crippen LogP contribution in [0.1, 0.15) is 15.9 Å². The lowest BCUT2D eigenvalue weighted by Crippen LogP contribution is -1.94. The summed E-state index contributed by atoms with van der Waals surface area (Å²) in [5, 5.41) is 11.0. The molecule has 0 aliphatic rings. The molecule has 2 heterocycles. The van der Waals surface area contributed by atoms with Crippen molar-refractivity contribution in [3.05, 3.63) is 40.0 Å². The summed E-state index contributed by atoms with van der Waals surface area (Å²) in [6, 6.07) is 5.67. The molecular formula is C11H5ClN2OS. The van der Waals surface area contributed by atoms with Crippen LogP contribution in [0.15, 0.2) is 23.7 Å². The van der Waals surface area contributed by atoms with Crippen molar-refractivity contribution in [1.29, 1.82) is 5.26 Å². The Morgan fingerprint density at radius 3 is 2.94 bits per heavy atom. The Kier molecular flexibility index (Phi) is 3.00. The Morgan fingerprint density at radius 1 is 1.56 bits per heavy atom. The lowest BCUT2D eigenvalue weighted by atomic mass is 10.0. The van der Waals surface area contributed by atoms with Gasteiger partial charge in [0.1, 0.15) is 11.2 Å². The number of carbonyl (C=O) groups excluding carboxylic acids is 1. The SMILES string of the molecule is N#Cc1c(Cl)ncc(C=O)c1-c1cccs1. The Hall–Kier alpha value is -1.70. The van der Waals surface area contributed by atoms with Crippen molar-refractivity contribution < 1.29 is 4.79 Å². The number of aldehydes is 1. The standard InChI is InChI=1S/C11H5ClN2OS/c12-11-8(4-13)10(7(6-15)5-14-11)9-2-1-3-16-9/h1-3,5-6H. The average molecular weight is 249 g/mol. The van der Waals surface area contributed by atoms with Gasteiger partial charge in [-0.2, -0.15) is 5.26 Å². The molecule has 3 nitrogen and oxygen atoms in total. The topological polar surface area (TPSA) is 53.8 Å². The summed E-state index contributed by atoms with van der Waals surface area (Å²) in [5.41, 5.74) is 1.18. The van der Waals surface area contributed by atoms with E-state index in [-0.39, 0.29) is 10.7 Å². The van der Waals surface area contributed by atoms with Gasteiger partial charge >= 0.3 is 0 Å². The third-order valence-corrected chi connectivity index (χ3v) is 3.24. The molecule has 0 saturated heterocycles. The number of aromatic nitrogens is 1. The molecule has 0 bridgehead atoms. The number of pyridine rings is 1. The molecule has 0 aliphatic heterocycles. The van der Waals surface area contributed by atoms with Gasteiger partial charge in [0, 0.05) is 22.2 Å². The molecule has 0 unspecified atom stereocenters. The van der Waals surface area contributed by atoms with E-state index in [1.807, 2.05) is 23.6 Å². The number of thiophene rings is 1. The summed E-state index contributed by atoms with van der Waals surface area (Å²) in [6.45, 7) is 0. The summed E-state index contributed by atoms with van der Waals surface area (Å²) in [4.78, 5) is 15.6. The molecule has 0 aromatic carbocycles. The molecule has 0 atom stereocenters. The lowest BCUT2D eigenvalue weighted by Gasteiger charge is -2.05. The van der Waals surface area contributed by atoms with Gasteiger partial charge in [-0.3, -0.25) is 4.79 Å². The van der Waals surface area contributed by atoms with Crippen molar-refractivity contribution in [2.24, 2.45) is 0 Å². The van der Waals surface area contributed by atoms with Crippen LogP contribution in [-0.2, 0) is 0 Å². The minimum atomic E-state index is 0.122. The van der Waals surface area contributed by atoms with E-state index in [2.05, 4.69) is 4.98 Å². The smallest absolute Gasteiger partial charge is 0.152 e. The quantitative estimate of drug-likeness (QED) is 0.606. The summed E-state index contributed by atoms with van der Waals surface area (Å²) in [7, 11) is 0. The fraction of sp³-hybridized carbons (Fsp3) is 0. The first-order chi connectivity index (χ1) is 7.77. The number of carbonyl (C=O) groups is 1. The summed E-state index contributed by atoms with van der Waals surface area (Å²) >= 11 is 7.28. The molecule has 5 heteroatoms. The van der Waals surface area contributed by atoms with E-state index in [4.69, 9.17) is 16.9 Å². The maximum Gasteiger partial charge on any atom is 0.152 e. The van der Waals surface area contributed by atoms with Gasteiger partial charge in [-0.05, 0) is 11.4 Å². The number of nitrogens with zero attached hydrogens (tertiary/aromatic N) is 2. The van der Waals surface area contributed by atoms with E-state index < -0.39 is 0 Å². The van der Waals surface area contributed by atoms with Gasteiger partial charge in [0.25, 0.3) is 0 Å². The zero-order valence-corrected chi connectivity index (χ0v) is 9.55. The van der Waals surface area contributed by atoms with Gasteiger partial charge in [0.05, 0.1) is 5.56 Å². The van der Waals surface area contributed by atoms with Crippen molar-refractivity contribution >= 4 is 29.2 Å². The van der Waals surface area contributed by atoms with Gasteiger partial charge in [0.2, 0.25) is 0 Å². The molecule has 0 saturated carbocycles. The Labute approximate surface area is 101 Å². The number of hydrogen-bond acceptors (Lipinski definition) is 4. The maximum absolute atomic E-state index is 10.9. The first-order valence-electron chi connectivity index (χ1n) is 4.35. The molecule has 0 fully saturated rings. The van der Waals surface area contributed by atoms with Crippen molar-refractivity contribution in [2.75, 3.05) is 0 Å². The van der Waals surface area contributed by atoms with E-state index in [9.17, 15) is 4.79 Å². The number of halogens is 1. The van der Waals surface area contributed by atoms with Crippen molar-refractivity contribution in [1.82, 2.24) is 4.98 Å². The fourth-order valence-corrected chi connectivity index (χ4v) is 2.36. The second kappa shape index (κ2) is 4.44. The second-order valence-corrected chi connectivity index (χ2v) is 4.27. The lowest BCUT2D eigenvalue weighted by molar-refractivity contribution is 0.112. The van der Waals surface area contributed by atoms with Crippen molar-refractivity contribution in [3.8, 4) is 16.5 Å². The third kappa shape index (κ3) is 1.71. The number of nitriles is 1. The Balaban J connectivity index is 2.80. The van der Waals surface area contributed by atoms with E-state index in [0.717, 1.165) is 4.88 Å². The summed E-state index contributed by atoms with van der Waals surface area (Å²) in [6.07, 6.45) is 2.06. The molecule has 2 rings (SSSR count). The van der Waals surface area contributed by atoms with E-state index in [1.54, 1.807) is 0 Å². The number of rotatable bonds is 2. The molecule has 16 heavy (non-hydrogen) atoms. The first kappa shape index (κ1) is 10.8. The molecule has 0 aliphatic carbocycles. The molecule has 0 radical (unpaired) electrons. The highest BCUT2D eigenvalue weighted by Gasteiger charge is 2.15. The average Bonchev–Trinajstić information content (AvgIpc) is 2.81. The summed E-state index contributed by atoms with van der Waals surface area (Å²) in [5.74, 6) is 0. The predicted octanol–water partition coefficient (Wildman–Crippen LogP) is 3.15. The summed E-state index contributed by atoms with van der Waals surface area (Å²) < 4.78 is 0. The van der Waals surface area contributed by atoms with Crippen molar-refractivity contribution in [2.45, 2.75) is 0 Å². The van der Waals surface area contributed by atoms with E-state index in [0.29, 0.717) is 17.4 Å². The predicted molar refractivity (Wildman–Crippen MR) is 62.7 cm³/mol. The van der Waals surface area contributed by atoms with Gasteiger partial charge in [-0.25, -0.2) is 4.98 Å². The van der Waals surface area contributed by atoms with Crippen LogP contribution in [0.5, 0.6) is 0 Å². The fourth-order valence-electron chi connectivity index (χ4n) is 1.38. The Morgan fingerprint density at radius 2 is 2.38 bits per heavy atom. The highest BCUT2D eigenvalue weighted by atomic mass is 35.5. The van der Waals surface area contributed by atoms with Crippen LogP contribution in [0.3, 0.4) is 0 Å². The molecule has 0 N–H and O–H groups in total. The third-order valence-electron chi connectivity index (χ3n) is 2.07. The first-order valence-corrected chi connectivity index (χ1v) is 5.61. The normalized spacial score (nSPS) is 9.75. The molecule has 0 spiro atoms. The molecule has 2 aromatic heterocycles.